The third-order valence-electron chi connectivity index (χ3n) is 5.91. The number of rotatable bonds is 8. The zero-order valence-electron chi connectivity index (χ0n) is 18.2. The maximum Gasteiger partial charge on any atom is 0.222 e. The second-order valence-electron chi connectivity index (χ2n) is 8.75. The first-order valence-electron chi connectivity index (χ1n) is 11.0. The quantitative estimate of drug-likeness (QED) is 0.646. The van der Waals surface area contributed by atoms with Crippen molar-refractivity contribution in [3.63, 3.8) is 0 Å². The Morgan fingerprint density at radius 3 is 2.17 bits per heavy atom. The van der Waals surface area contributed by atoms with Crippen LogP contribution in [0.3, 0.4) is 0 Å². The van der Waals surface area contributed by atoms with Crippen LogP contribution < -0.4 is 14.4 Å². The molecule has 0 radical (unpaired) electrons. The molecule has 2 aliphatic rings. The highest BCUT2D eigenvalue weighted by molar-refractivity contribution is 5.76. The van der Waals surface area contributed by atoms with Crippen LogP contribution in [0.25, 0.3) is 0 Å². The largest absolute Gasteiger partial charge is 0.490 e. The van der Waals surface area contributed by atoms with Gasteiger partial charge in [-0.2, -0.15) is 0 Å². The fourth-order valence-electron chi connectivity index (χ4n) is 3.80. The number of hydrogen-bond acceptors (Lipinski definition) is 4. The van der Waals surface area contributed by atoms with Crippen LogP contribution in [0, 0.1) is 0 Å². The number of carbonyl (C=O) groups excluding carboxylic acids is 1. The summed E-state index contributed by atoms with van der Waals surface area (Å²) in [6.45, 7) is 3.97. The van der Waals surface area contributed by atoms with Gasteiger partial charge in [-0.05, 0) is 60.7 Å². The summed E-state index contributed by atoms with van der Waals surface area (Å²) in [4.78, 5) is 15.9. The van der Waals surface area contributed by atoms with Crippen LogP contribution in [0.15, 0.2) is 48.5 Å². The molecule has 1 aliphatic heterocycles. The van der Waals surface area contributed by atoms with E-state index in [0.29, 0.717) is 12.5 Å². The molecular formula is C25H32N2O3. The normalized spacial score (nSPS) is 19.4. The minimum Gasteiger partial charge on any atom is -0.490 e. The van der Waals surface area contributed by atoms with Gasteiger partial charge in [-0.25, -0.2) is 0 Å². The van der Waals surface area contributed by atoms with Gasteiger partial charge in [-0.3, -0.25) is 4.79 Å². The average molecular weight is 409 g/mol. The van der Waals surface area contributed by atoms with Gasteiger partial charge in [0, 0.05) is 39.2 Å². The third-order valence-corrected chi connectivity index (χ3v) is 5.91. The Hall–Kier alpha value is -2.69. The fraction of sp³-hybridized carbons (Fsp3) is 0.480. The Balaban J connectivity index is 1.28. The minimum absolute atomic E-state index is 0.154. The summed E-state index contributed by atoms with van der Waals surface area (Å²) >= 11 is 0. The van der Waals surface area contributed by atoms with Crippen LogP contribution in [-0.2, 0) is 4.79 Å². The Morgan fingerprint density at radius 2 is 1.57 bits per heavy atom. The van der Waals surface area contributed by atoms with Crippen molar-refractivity contribution < 1.29 is 14.3 Å². The van der Waals surface area contributed by atoms with E-state index in [1.54, 1.807) is 19.0 Å². The third kappa shape index (κ3) is 5.26. The molecule has 1 amide bonds. The molecule has 1 aliphatic carbocycles. The molecule has 5 nitrogen and oxygen atoms in total. The summed E-state index contributed by atoms with van der Waals surface area (Å²) < 4.78 is 12.1. The topological polar surface area (TPSA) is 42.0 Å². The van der Waals surface area contributed by atoms with E-state index in [2.05, 4.69) is 48.2 Å². The number of anilines is 1. The molecule has 0 spiro atoms. The van der Waals surface area contributed by atoms with Gasteiger partial charge in [0.05, 0.1) is 12.6 Å². The standard InChI is InChI=1S/C25H32N2O3/c1-18(16-25(28)26(2)3)19-4-8-21(9-5-19)30-24-14-15-27(17-24)20-6-10-22(11-7-20)29-23-12-13-23/h4-11,18,23-24H,12-17H2,1-3H3/t18-,24?/m1/s1. The number of benzene rings is 2. The van der Waals surface area contributed by atoms with E-state index in [4.69, 9.17) is 9.47 Å². The molecule has 0 N–H and O–H groups in total. The summed E-state index contributed by atoms with van der Waals surface area (Å²) in [6.07, 6.45) is 4.52. The van der Waals surface area contributed by atoms with Gasteiger partial charge in [0.25, 0.3) is 0 Å². The highest BCUT2D eigenvalue weighted by Gasteiger charge is 2.25. The van der Waals surface area contributed by atoms with Crippen LogP contribution >= 0.6 is 0 Å². The number of nitrogens with zero attached hydrogens (tertiary/aromatic N) is 2. The molecule has 30 heavy (non-hydrogen) atoms. The molecule has 1 unspecified atom stereocenters. The molecule has 5 heteroatoms. The van der Waals surface area contributed by atoms with E-state index in [-0.39, 0.29) is 17.9 Å². The highest BCUT2D eigenvalue weighted by Crippen LogP contribution is 2.30. The van der Waals surface area contributed by atoms with Crippen molar-refractivity contribution in [1.82, 2.24) is 4.90 Å². The fourth-order valence-corrected chi connectivity index (χ4v) is 3.80. The van der Waals surface area contributed by atoms with Crippen LogP contribution in [0.1, 0.15) is 44.1 Å². The second kappa shape index (κ2) is 8.99. The van der Waals surface area contributed by atoms with Crippen molar-refractivity contribution >= 4 is 11.6 Å². The molecule has 0 aromatic heterocycles. The Bertz CT molecular complexity index is 844. The molecule has 2 atom stereocenters. The van der Waals surface area contributed by atoms with Gasteiger partial charge in [0.1, 0.15) is 17.6 Å². The summed E-state index contributed by atoms with van der Waals surface area (Å²) in [5, 5.41) is 0. The molecular weight excluding hydrogens is 376 g/mol. The predicted octanol–water partition coefficient (Wildman–Crippen LogP) is 4.47. The Labute approximate surface area is 179 Å². The maximum absolute atomic E-state index is 11.9. The van der Waals surface area contributed by atoms with Crippen molar-refractivity contribution in [2.75, 3.05) is 32.1 Å². The van der Waals surface area contributed by atoms with Gasteiger partial charge >= 0.3 is 0 Å². The number of ether oxygens (including phenoxy) is 2. The molecule has 1 saturated heterocycles. The summed E-state index contributed by atoms with van der Waals surface area (Å²) in [7, 11) is 3.60. The van der Waals surface area contributed by atoms with Gasteiger partial charge in [0.2, 0.25) is 5.91 Å². The SMILES string of the molecule is C[C@H](CC(=O)N(C)C)c1ccc(OC2CCN(c3ccc(OC4CC4)cc3)C2)cc1. The van der Waals surface area contributed by atoms with E-state index in [9.17, 15) is 4.79 Å². The molecule has 160 valence electrons. The first-order chi connectivity index (χ1) is 14.5. The van der Waals surface area contributed by atoms with Gasteiger partial charge in [-0.1, -0.05) is 19.1 Å². The van der Waals surface area contributed by atoms with Crippen molar-refractivity contribution in [3.8, 4) is 11.5 Å². The van der Waals surface area contributed by atoms with Crippen molar-refractivity contribution in [2.24, 2.45) is 0 Å². The summed E-state index contributed by atoms with van der Waals surface area (Å²) in [5.74, 6) is 2.21. The lowest BCUT2D eigenvalue weighted by Gasteiger charge is -2.20. The maximum atomic E-state index is 11.9. The van der Waals surface area contributed by atoms with E-state index in [1.165, 1.54) is 24.1 Å². The molecule has 4 rings (SSSR count). The Kier molecular flexibility index (Phi) is 6.16. The predicted molar refractivity (Wildman–Crippen MR) is 120 cm³/mol. The smallest absolute Gasteiger partial charge is 0.222 e. The lowest BCUT2D eigenvalue weighted by atomic mass is 9.97. The molecule has 1 heterocycles. The van der Waals surface area contributed by atoms with Crippen molar-refractivity contribution in [1.29, 1.82) is 0 Å². The Morgan fingerprint density at radius 1 is 0.967 bits per heavy atom. The number of carbonyl (C=O) groups is 1. The monoisotopic (exact) mass is 408 g/mol. The molecule has 1 saturated carbocycles. The molecule has 2 aromatic rings. The lowest BCUT2D eigenvalue weighted by molar-refractivity contribution is -0.129. The first kappa shape index (κ1) is 20.6. The van der Waals surface area contributed by atoms with Crippen LogP contribution in [0.4, 0.5) is 5.69 Å². The first-order valence-corrected chi connectivity index (χ1v) is 11.0. The van der Waals surface area contributed by atoms with Crippen LogP contribution in [-0.4, -0.2) is 50.2 Å². The van der Waals surface area contributed by atoms with E-state index in [0.717, 1.165) is 31.0 Å². The molecule has 2 fully saturated rings. The van der Waals surface area contributed by atoms with Gasteiger partial charge in [0.15, 0.2) is 0 Å². The summed E-state index contributed by atoms with van der Waals surface area (Å²) in [5.41, 5.74) is 2.39. The van der Waals surface area contributed by atoms with E-state index in [1.807, 2.05) is 12.1 Å². The second-order valence-corrected chi connectivity index (χ2v) is 8.75. The number of amides is 1. The average Bonchev–Trinajstić information content (AvgIpc) is 3.44. The van der Waals surface area contributed by atoms with Gasteiger partial charge in [-0.15, -0.1) is 0 Å². The lowest BCUT2D eigenvalue weighted by Crippen LogP contribution is -2.24. The zero-order chi connectivity index (χ0) is 21.1. The zero-order valence-corrected chi connectivity index (χ0v) is 18.2. The minimum atomic E-state index is 0.154. The van der Waals surface area contributed by atoms with Gasteiger partial charge < -0.3 is 19.3 Å². The number of hydrogen-bond donors (Lipinski definition) is 0. The van der Waals surface area contributed by atoms with Crippen molar-refractivity contribution in [2.45, 2.75) is 50.7 Å². The molecule has 0 bridgehead atoms. The summed E-state index contributed by atoms with van der Waals surface area (Å²) in [6, 6.07) is 16.6. The van der Waals surface area contributed by atoms with Crippen molar-refractivity contribution in [3.05, 3.63) is 54.1 Å². The van der Waals surface area contributed by atoms with E-state index >= 15 is 0 Å². The van der Waals surface area contributed by atoms with Crippen LogP contribution in [0.2, 0.25) is 0 Å². The van der Waals surface area contributed by atoms with E-state index < -0.39 is 0 Å². The van der Waals surface area contributed by atoms with Crippen LogP contribution in [0.5, 0.6) is 11.5 Å². The molecule has 2 aromatic carbocycles. The highest BCUT2D eigenvalue weighted by atomic mass is 16.5.